The van der Waals surface area contributed by atoms with Gasteiger partial charge in [-0.3, -0.25) is 4.79 Å². The van der Waals surface area contributed by atoms with E-state index in [0.29, 0.717) is 24.2 Å². The Hall–Kier alpha value is -0.320. The molecule has 0 aromatic heterocycles. The standard InChI is InChI=1S/C15H28N2O2.ClH/c1-12(13-5-7-16-8-6-13)10-15(18)17-9-3-4-14(11-17)19-2;/h12-14,16H,3-11H2,1-2H3;1H. The Morgan fingerprint density at radius 1 is 1.35 bits per heavy atom. The topological polar surface area (TPSA) is 41.6 Å². The number of hydrogen-bond donors (Lipinski definition) is 1. The van der Waals surface area contributed by atoms with Crippen molar-refractivity contribution < 1.29 is 9.53 Å². The first kappa shape index (κ1) is 17.7. The van der Waals surface area contributed by atoms with Gasteiger partial charge in [-0.25, -0.2) is 0 Å². The minimum Gasteiger partial charge on any atom is -0.380 e. The lowest BCUT2D eigenvalue weighted by atomic mass is 9.84. The van der Waals surface area contributed by atoms with Crippen LogP contribution < -0.4 is 5.32 Å². The SMILES string of the molecule is COC1CCCN(C(=O)CC(C)C2CCNCC2)C1.Cl. The van der Waals surface area contributed by atoms with Crippen LogP contribution in [0.2, 0.25) is 0 Å². The largest absolute Gasteiger partial charge is 0.380 e. The number of nitrogens with zero attached hydrogens (tertiary/aromatic N) is 1. The van der Waals surface area contributed by atoms with Gasteiger partial charge in [0.15, 0.2) is 0 Å². The van der Waals surface area contributed by atoms with E-state index in [9.17, 15) is 4.79 Å². The molecule has 2 heterocycles. The molecule has 2 saturated heterocycles. The van der Waals surface area contributed by atoms with Crippen molar-refractivity contribution in [2.75, 3.05) is 33.3 Å². The van der Waals surface area contributed by atoms with E-state index in [1.807, 2.05) is 4.90 Å². The van der Waals surface area contributed by atoms with Crippen molar-refractivity contribution in [2.24, 2.45) is 11.8 Å². The van der Waals surface area contributed by atoms with Gasteiger partial charge in [0.05, 0.1) is 6.10 Å². The predicted octanol–water partition coefficient (Wildman–Crippen LogP) is 2.07. The van der Waals surface area contributed by atoms with E-state index in [0.717, 1.165) is 39.0 Å². The molecule has 2 fully saturated rings. The zero-order valence-corrected chi connectivity index (χ0v) is 13.6. The molecule has 20 heavy (non-hydrogen) atoms. The van der Waals surface area contributed by atoms with Crippen molar-refractivity contribution in [2.45, 2.75) is 45.1 Å². The quantitative estimate of drug-likeness (QED) is 0.864. The van der Waals surface area contributed by atoms with Crippen LogP contribution in [-0.2, 0) is 9.53 Å². The van der Waals surface area contributed by atoms with Gasteiger partial charge in [0.1, 0.15) is 0 Å². The average molecular weight is 305 g/mol. The smallest absolute Gasteiger partial charge is 0.222 e. The van der Waals surface area contributed by atoms with E-state index in [2.05, 4.69) is 12.2 Å². The molecule has 0 aliphatic carbocycles. The molecular weight excluding hydrogens is 276 g/mol. The van der Waals surface area contributed by atoms with Gasteiger partial charge in [0, 0.05) is 26.6 Å². The summed E-state index contributed by atoms with van der Waals surface area (Å²) >= 11 is 0. The van der Waals surface area contributed by atoms with Gasteiger partial charge in [-0.2, -0.15) is 0 Å². The first-order valence-electron chi connectivity index (χ1n) is 7.72. The maximum absolute atomic E-state index is 12.4. The third-order valence-corrected chi connectivity index (χ3v) is 4.75. The number of likely N-dealkylation sites (tertiary alicyclic amines) is 1. The Kier molecular flexibility index (Phi) is 7.85. The molecule has 0 aromatic carbocycles. The van der Waals surface area contributed by atoms with E-state index < -0.39 is 0 Å². The minimum atomic E-state index is 0. The van der Waals surface area contributed by atoms with Crippen LogP contribution in [0.4, 0.5) is 0 Å². The average Bonchev–Trinajstić information content (AvgIpc) is 2.48. The van der Waals surface area contributed by atoms with Crippen LogP contribution in [0.25, 0.3) is 0 Å². The van der Waals surface area contributed by atoms with Crippen LogP contribution in [0.3, 0.4) is 0 Å². The molecule has 0 aromatic rings. The van der Waals surface area contributed by atoms with E-state index >= 15 is 0 Å². The summed E-state index contributed by atoms with van der Waals surface area (Å²) < 4.78 is 5.39. The Labute approximate surface area is 129 Å². The number of ether oxygens (including phenoxy) is 1. The molecule has 0 bridgehead atoms. The fourth-order valence-electron chi connectivity index (χ4n) is 3.34. The second-order valence-corrected chi connectivity index (χ2v) is 6.11. The van der Waals surface area contributed by atoms with Crippen molar-refractivity contribution in [3.05, 3.63) is 0 Å². The maximum Gasteiger partial charge on any atom is 0.222 e. The molecule has 2 atom stereocenters. The highest BCUT2D eigenvalue weighted by molar-refractivity contribution is 5.85. The fourth-order valence-corrected chi connectivity index (χ4v) is 3.34. The maximum atomic E-state index is 12.4. The molecule has 1 amide bonds. The molecule has 5 heteroatoms. The molecule has 0 spiro atoms. The lowest BCUT2D eigenvalue weighted by Gasteiger charge is -2.34. The summed E-state index contributed by atoms with van der Waals surface area (Å²) in [6.07, 6.45) is 5.55. The molecule has 1 N–H and O–H groups in total. The van der Waals surface area contributed by atoms with Crippen LogP contribution >= 0.6 is 12.4 Å². The lowest BCUT2D eigenvalue weighted by molar-refractivity contribution is -0.136. The number of nitrogens with one attached hydrogen (secondary N) is 1. The molecule has 118 valence electrons. The van der Waals surface area contributed by atoms with Crippen LogP contribution in [0.15, 0.2) is 0 Å². The normalized spacial score (nSPS) is 25.9. The van der Waals surface area contributed by atoms with Crippen molar-refractivity contribution in [1.82, 2.24) is 10.2 Å². The highest BCUT2D eigenvalue weighted by Gasteiger charge is 2.27. The fraction of sp³-hybridized carbons (Fsp3) is 0.933. The van der Waals surface area contributed by atoms with Crippen molar-refractivity contribution >= 4 is 18.3 Å². The first-order valence-corrected chi connectivity index (χ1v) is 7.72. The Bertz CT molecular complexity index is 296. The lowest BCUT2D eigenvalue weighted by Crippen LogP contribution is -2.44. The Morgan fingerprint density at radius 3 is 2.70 bits per heavy atom. The van der Waals surface area contributed by atoms with Crippen LogP contribution in [0.5, 0.6) is 0 Å². The van der Waals surface area contributed by atoms with Gasteiger partial charge in [0.25, 0.3) is 0 Å². The van der Waals surface area contributed by atoms with Crippen LogP contribution in [0, 0.1) is 11.8 Å². The molecule has 2 unspecified atom stereocenters. The highest BCUT2D eigenvalue weighted by Crippen LogP contribution is 2.25. The Balaban J connectivity index is 0.00000200. The van der Waals surface area contributed by atoms with Crippen molar-refractivity contribution in [3.8, 4) is 0 Å². The van der Waals surface area contributed by atoms with E-state index in [1.165, 1.54) is 12.8 Å². The summed E-state index contributed by atoms with van der Waals surface area (Å²) in [5.74, 6) is 1.55. The van der Waals surface area contributed by atoms with Gasteiger partial charge >= 0.3 is 0 Å². The summed E-state index contributed by atoms with van der Waals surface area (Å²) in [4.78, 5) is 14.4. The second-order valence-electron chi connectivity index (χ2n) is 6.11. The van der Waals surface area contributed by atoms with Crippen LogP contribution in [0.1, 0.15) is 39.0 Å². The molecule has 2 aliphatic heterocycles. The number of halogens is 1. The number of hydrogen-bond acceptors (Lipinski definition) is 3. The van der Waals surface area contributed by atoms with E-state index in [1.54, 1.807) is 7.11 Å². The molecule has 2 aliphatic rings. The number of methoxy groups -OCH3 is 1. The number of carbonyl (C=O) groups is 1. The van der Waals surface area contributed by atoms with Gasteiger partial charge in [-0.1, -0.05) is 6.92 Å². The zero-order valence-electron chi connectivity index (χ0n) is 12.8. The van der Waals surface area contributed by atoms with Crippen molar-refractivity contribution in [1.29, 1.82) is 0 Å². The molecule has 0 radical (unpaired) electrons. The number of amides is 1. The zero-order chi connectivity index (χ0) is 13.7. The van der Waals surface area contributed by atoms with Gasteiger partial charge in [-0.05, 0) is 50.6 Å². The monoisotopic (exact) mass is 304 g/mol. The molecule has 2 rings (SSSR count). The van der Waals surface area contributed by atoms with Crippen molar-refractivity contribution in [3.63, 3.8) is 0 Å². The minimum absolute atomic E-state index is 0. The summed E-state index contributed by atoms with van der Waals surface area (Å²) in [7, 11) is 1.75. The number of rotatable bonds is 4. The second kappa shape index (κ2) is 8.85. The highest BCUT2D eigenvalue weighted by atomic mass is 35.5. The summed E-state index contributed by atoms with van der Waals surface area (Å²) in [5.41, 5.74) is 0. The van der Waals surface area contributed by atoms with Crippen LogP contribution in [-0.4, -0.2) is 50.2 Å². The van der Waals surface area contributed by atoms with E-state index in [4.69, 9.17) is 4.74 Å². The van der Waals surface area contributed by atoms with Gasteiger partial charge in [-0.15, -0.1) is 12.4 Å². The van der Waals surface area contributed by atoms with Gasteiger partial charge < -0.3 is 15.0 Å². The number of carbonyl (C=O) groups excluding carboxylic acids is 1. The van der Waals surface area contributed by atoms with E-state index in [-0.39, 0.29) is 18.5 Å². The Morgan fingerprint density at radius 2 is 2.05 bits per heavy atom. The molecule has 4 nitrogen and oxygen atoms in total. The van der Waals surface area contributed by atoms with Gasteiger partial charge in [0.2, 0.25) is 5.91 Å². The third kappa shape index (κ3) is 4.90. The third-order valence-electron chi connectivity index (χ3n) is 4.75. The first-order chi connectivity index (χ1) is 9.20. The number of piperidine rings is 2. The summed E-state index contributed by atoms with van der Waals surface area (Å²) in [5, 5.41) is 3.39. The molecule has 0 saturated carbocycles. The molecular formula is C15H29ClN2O2. The summed E-state index contributed by atoms with van der Waals surface area (Å²) in [6.45, 7) is 6.16. The predicted molar refractivity (Wildman–Crippen MR) is 83.2 cm³/mol. The summed E-state index contributed by atoms with van der Waals surface area (Å²) in [6, 6.07) is 0.